The highest BCUT2D eigenvalue weighted by Gasteiger charge is 2.38. The first-order valence-electron chi connectivity index (χ1n) is 4.83. The van der Waals surface area contributed by atoms with Gasteiger partial charge in [-0.1, -0.05) is 0 Å². The van der Waals surface area contributed by atoms with Crippen LogP contribution in [0.15, 0.2) is 0 Å². The number of hydrogen-bond donors (Lipinski definition) is 2. The maximum absolute atomic E-state index is 11.1. The normalized spacial score (nSPS) is 37.1. The van der Waals surface area contributed by atoms with Crippen LogP contribution in [0.2, 0.25) is 0 Å². The molecule has 6 heteroatoms. The minimum atomic E-state index is -0.489. The van der Waals surface area contributed by atoms with Crippen LogP contribution in [0.3, 0.4) is 0 Å². The van der Waals surface area contributed by atoms with E-state index >= 15 is 0 Å². The molecule has 0 aromatic rings. The van der Waals surface area contributed by atoms with E-state index in [2.05, 4.69) is 10.6 Å². The fraction of sp³-hybridized carbons (Fsp3) is 0.875. The van der Waals surface area contributed by atoms with Gasteiger partial charge in [0.2, 0.25) is 11.9 Å². The summed E-state index contributed by atoms with van der Waals surface area (Å²) in [7, 11) is 0. The average molecular weight is 199 g/mol. The summed E-state index contributed by atoms with van der Waals surface area (Å²) >= 11 is 0. The Kier molecular flexibility index (Phi) is 2.37. The van der Waals surface area contributed by atoms with E-state index in [1.807, 2.05) is 0 Å². The zero-order chi connectivity index (χ0) is 10.1. The molecule has 1 saturated carbocycles. The lowest BCUT2D eigenvalue weighted by Gasteiger charge is -2.37. The molecule has 2 aliphatic rings. The Balaban J connectivity index is 1.99. The van der Waals surface area contributed by atoms with Crippen molar-refractivity contribution in [3.63, 3.8) is 0 Å². The van der Waals surface area contributed by atoms with Crippen LogP contribution < -0.4 is 10.6 Å². The first kappa shape index (κ1) is 9.39. The molecule has 0 aromatic heterocycles. The molecule has 3 unspecified atom stereocenters. The van der Waals surface area contributed by atoms with Crippen LogP contribution >= 0.6 is 0 Å². The molecular formula is C8H13N3O3. The fourth-order valence-corrected chi connectivity index (χ4v) is 2.23. The number of nitrogens with zero attached hydrogens (tertiary/aromatic N) is 1. The van der Waals surface area contributed by atoms with Crippen molar-refractivity contribution in [3.05, 3.63) is 10.1 Å². The van der Waals surface area contributed by atoms with Crippen molar-refractivity contribution in [2.24, 2.45) is 0 Å². The quantitative estimate of drug-likeness (QED) is 0.431. The summed E-state index contributed by atoms with van der Waals surface area (Å²) in [5.74, 6) is -0.0600. The van der Waals surface area contributed by atoms with Crippen LogP contribution in [0.1, 0.15) is 19.3 Å². The highest BCUT2D eigenvalue weighted by atomic mass is 16.6. The molecule has 1 aliphatic carbocycles. The van der Waals surface area contributed by atoms with E-state index in [1.54, 1.807) is 0 Å². The number of nitrogens with one attached hydrogen (secondary N) is 2. The maximum Gasteiger partial charge on any atom is 0.234 e. The van der Waals surface area contributed by atoms with Crippen LogP contribution in [0.5, 0.6) is 0 Å². The Morgan fingerprint density at radius 1 is 1.36 bits per heavy atom. The fourth-order valence-electron chi connectivity index (χ4n) is 2.23. The minimum Gasteiger partial charge on any atom is -0.350 e. The molecule has 78 valence electrons. The summed E-state index contributed by atoms with van der Waals surface area (Å²) in [6.07, 6.45) is 1.84. The number of amides is 1. The molecule has 14 heavy (non-hydrogen) atoms. The second-order valence-corrected chi connectivity index (χ2v) is 3.91. The van der Waals surface area contributed by atoms with Crippen LogP contribution in [0, 0.1) is 10.1 Å². The largest absolute Gasteiger partial charge is 0.350 e. The van der Waals surface area contributed by atoms with Gasteiger partial charge in [-0.15, -0.1) is 0 Å². The summed E-state index contributed by atoms with van der Waals surface area (Å²) in [4.78, 5) is 21.4. The van der Waals surface area contributed by atoms with Crippen LogP contribution in [-0.4, -0.2) is 35.5 Å². The first-order chi connectivity index (χ1) is 6.66. The van der Waals surface area contributed by atoms with E-state index < -0.39 is 6.04 Å². The summed E-state index contributed by atoms with van der Waals surface area (Å²) < 4.78 is 0. The van der Waals surface area contributed by atoms with Crippen molar-refractivity contribution in [1.82, 2.24) is 10.6 Å². The van der Waals surface area contributed by atoms with Crippen LogP contribution in [0.25, 0.3) is 0 Å². The smallest absolute Gasteiger partial charge is 0.234 e. The molecule has 1 heterocycles. The van der Waals surface area contributed by atoms with Gasteiger partial charge in [0, 0.05) is 23.8 Å². The van der Waals surface area contributed by atoms with E-state index in [4.69, 9.17) is 0 Å². The van der Waals surface area contributed by atoms with Crippen molar-refractivity contribution in [1.29, 1.82) is 0 Å². The summed E-state index contributed by atoms with van der Waals surface area (Å²) in [6.45, 7) is 0.338. The second kappa shape index (κ2) is 3.53. The number of fused-ring (bicyclic) bond motifs is 1. The molecule has 0 radical (unpaired) electrons. The number of nitro groups is 1. The molecule has 6 nitrogen and oxygen atoms in total. The number of rotatable bonds is 1. The lowest BCUT2D eigenvalue weighted by molar-refractivity contribution is -0.527. The lowest BCUT2D eigenvalue weighted by atomic mass is 9.86. The third-order valence-electron chi connectivity index (χ3n) is 2.99. The van der Waals surface area contributed by atoms with Gasteiger partial charge in [0.15, 0.2) is 0 Å². The monoisotopic (exact) mass is 199 g/mol. The SMILES string of the molecule is O=C1CNC2CCC([N+](=O)[O-])CC2N1. The number of carbonyl (C=O) groups excluding carboxylic acids is 1. The minimum absolute atomic E-state index is 0.0552. The van der Waals surface area contributed by atoms with Gasteiger partial charge >= 0.3 is 0 Å². The van der Waals surface area contributed by atoms with Gasteiger partial charge in [-0.25, -0.2) is 0 Å². The van der Waals surface area contributed by atoms with Crippen LogP contribution in [0.4, 0.5) is 0 Å². The van der Waals surface area contributed by atoms with Crippen molar-refractivity contribution in [2.75, 3.05) is 6.54 Å². The zero-order valence-electron chi connectivity index (χ0n) is 7.73. The van der Waals surface area contributed by atoms with E-state index in [0.717, 1.165) is 6.42 Å². The Morgan fingerprint density at radius 3 is 2.86 bits per heavy atom. The van der Waals surface area contributed by atoms with E-state index in [9.17, 15) is 14.9 Å². The van der Waals surface area contributed by atoms with E-state index in [0.29, 0.717) is 19.4 Å². The summed E-state index contributed by atoms with van der Waals surface area (Å²) in [6, 6.07) is -0.319. The molecule has 1 saturated heterocycles. The van der Waals surface area contributed by atoms with Crippen molar-refractivity contribution in [3.8, 4) is 0 Å². The standard InChI is InChI=1S/C8H13N3O3/c12-8-4-9-6-2-1-5(11(13)14)3-7(6)10-8/h5-7,9H,1-4H2,(H,10,12). The summed E-state index contributed by atoms with van der Waals surface area (Å²) in [5, 5.41) is 16.5. The lowest BCUT2D eigenvalue weighted by Crippen LogP contribution is -2.61. The Hall–Kier alpha value is -1.17. The Morgan fingerprint density at radius 2 is 2.14 bits per heavy atom. The average Bonchev–Trinajstić information content (AvgIpc) is 2.16. The Bertz CT molecular complexity index is 267. The molecule has 0 spiro atoms. The van der Waals surface area contributed by atoms with E-state index in [1.165, 1.54) is 0 Å². The maximum atomic E-state index is 11.1. The first-order valence-corrected chi connectivity index (χ1v) is 4.83. The van der Waals surface area contributed by atoms with Gasteiger partial charge < -0.3 is 10.6 Å². The molecule has 0 bridgehead atoms. The summed E-state index contributed by atoms with van der Waals surface area (Å²) in [5.41, 5.74) is 0. The third-order valence-corrected chi connectivity index (χ3v) is 2.99. The van der Waals surface area contributed by atoms with Crippen LogP contribution in [-0.2, 0) is 4.79 Å². The molecule has 1 amide bonds. The third kappa shape index (κ3) is 1.70. The number of carbonyl (C=O) groups is 1. The molecule has 1 aliphatic heterocycles. The zero-order valence-corrected chi connectivity index (χ0v) is 7.73. The van der Waals surface area contributed by atoms with E-state index in [-0.39, 0.29) is 22.9 Å². The second-order valence-electron chi connectivity index (χ2n) is 3.91. The van der Waals surface area contributed by atoms with Gasteiger partial charge in [0.25, 0.3) is 0 Å². The topological polar surface area (TPSA) is 84.3 Å². The predicted octanol–water partition coefficient (Wildman–Crippen LogP) is -0.728. The molecule has 3 atom stereocenters. The molecule has 2 N–H and O–H groups in total. The van der Waals surface area contributed by atoms with Crippen molar-refractivity contribution in [2.45, 2.75) is 37.4 Å². The Labute approximate surface area is 81.2 Å². The van der Waals surface area contributed by atoms with Gasteiger partial charge in [-0.3, -0.25) is 14.9 Å². The van der Waals surface area contributed by atoms with Gasteiger partial charge in [0.05, 0.1) is 12.6 Å². The van der Waals surface area contributed by atoms with Crippen molar-refractivity contribution >= 4 is 5.91 Å². The number of piperazine rings is 1. The molecule has 0 aromatic carbocycles. The van der Waals surface area contributed by atoms with Gasteiger partial charge in [-0.2, -0.15) is 0 Å². The highest BCUT2D eigenvalue weighted by molar-refractivity contribution is 5.79. The molecule has 2 rings (SSSR count). The number of hydrogen-bond acceptors (Lipinski definition) is 4. The van der Waals surface area contributed by atoms with Gasteiger partial charge in [-0.05, 0) is 6.42 Å². The van der Waals surface area contributed by atoms with Gasteiger partial charge in [0.1, 0.15) is 0 Å². The molecular weight excluding hydrogens is 186 g/mol. The molecule has 2 fully saturated rings. The van der Waals surface area contributed by atoms with Crippen molar-refractivity contribution < 1.29 is 9.72 Å². The highest BCUT2D eigenvalue weighted by Crippen LogP contribution is 2.22. The predicted molar refractivity (Wildman–Crippen MR) is 48.4 cm³/mol.